The van der Waals surface area contributed by atoms with Gasteiger partial charge in [-0.1, -0.05) is 20.8 Å². The number of carbonyl (C=O) groups is 1. The molecule has 0 amide bonds. The first-order valence-electron chi connectivity index (χ1n) is 7.16. The first-order chi connectivity index (χ1) is 9.69. The number of carboxylic acids is 1. The van der Waals surface area contributed by atoms with Crippen molar-refractivity contribution in [3.8, 4) is 5.88 Å². The molecule has 0 saturated carbocycles. The molecule has 21 heavy (non-hydrogen) atoms. The van der Waals surface area contributed by atoms with Crippen LogP contribution in [-0.2, 0) is 4.79 Å². The lowest BCUT2D eigenvalue weighted by atomic mass is 9.87. The summed E-state index contributed by atoms with van der Waals surface area (Å²) in [5.41, 5.74) is 0.0257. The molecule has 118 valence electrons. The highest BCUT2D eigenvalue weighted by Gasteiger charge is 2.21. The van der Waals surface area contributed by atoms with Crippen LogP contribution in [0.25, 0.3) is 0 Å². The van der Waals surface area contributed by atoms with E-state index in [2.05, 4.69) is 36.1 Å². The Balaban J connectivity index is 2.88. The predicted octanol–water partition coefficient (Wildman–Crippen LogP) is 2.88. The summed E-state index contributed by atoms with van der Waals surface area (Å²) in [7, 11) is 0. The monoisotopic (exact) mass is 295 g/mol. The maximum Gasteiger partial charge on any atom is 0.305 e. The number of hydrogen-bond donors (Lipinski definition) is 2. The van der Waals surface area contributed by atoms with Crippen LogP contribution in [0.1, 0.15) is 46.4 Å². The van der Waals surface area contributed by atoms with E-state index in [1.165, 1.54) is 0 Å². The third-order valence-corrected chi connectivity index (χ3v) is 2.74. The van der Waals surface area contributed by atoms with Gasteiger partial charge in [0, 0.05) is 12.1 Å². The highest BCUT2D eigenvalue weighted by atomic mass is 16.5. The summed E-state index contributed by atoms with van der Waals surface area (Å²) in [6, 6.07) is 1.51. The third-order valence-electron chi connectivity index (χ3n) is 2.74. The van der Waals surface area contributed by atoms with Gasteiger partial charge in [-0.05, 0) is 25.7 Å². The van der Waals surface area contributed by atoms with E-state index >= 15 is 0 Å². The van der Waals surface area contributed by atoms with Gasteiger partial charge < -0.3 is 15.2 Å². The van der Waals surface area contributed by atoms with Gasteiger partial charge in [0.1, 0.15) is 11.6 Å². The topological polar surface area (TPSA) is 84.3 Å². The van der Waals surface area contributed by atoms with Crippen LogP contribution >= 0.6 is 0 Å². The number of ether oxygens (including phenoxy) is 1. The molecule has 0 aliphatic carbocycles. The Morgan fingerprint density at radius 2 is 2.10 bits per heavy atom. The zero-order valence-corrected chi connectivity index (χ0v) is 13.4. The van der Waals surface area contributed by atoms with Crippen molar-refractivity contribution < 1.29 is 14.6 Å². The van der Waals surface area contributed by atoms with Crippen molar-refractivity contribution in [3.63, 3.8) is 0 Å². The lowest BCUT2D eigenvalue weighted by molar-refractivity contribution is -0.137. The second-order valence-electron chi connectivity index (χ2n) is 6.28. The average molecular weight is 295 g/mol. The fourth-order valence-corrected chi connectivity index (χ4v) is 2.17. The summed E-state index contributed by atoms with van der Waals surface area (Å²) < 4.78 is 5.38. The molecule has 1 aromatic rings. The van der Waals surface area contributed by atoms with Crippen LogP contribution in [0.3, 0.4) is 0 Å². The van der Waals surface area contributed by atoms with Crippen molar-refractivity contribution in [2.24, 2.45) is 5.41 Å². The molecule has 0 aromatic carbocycles. The minimum absolute atomic E-state index is 0.0257. The standard InChI is InChI=1S/C15H25N3O3/c1-6-21-13-8-12(16-10(2)17-13)18-11(7-14(19)20)9-15(3,4)5/h8,11H,6-7,9H2,1-5H3,(H,19,20)(H,16,17,18). The third kappa shape index (κ3) is 6.92. The molecular formula is C15H25N3O3. The zero-order valence-electron chi connectivity index (χ0n) is 13.4. The van der Waals surface area contributed by atoms with Gasteiger partial charge in [0.2, 0.25) is 5.88 Å². The van der Waals surface area contributed by atoms with Gasteiger partial charge in [-0.2, -0.15) is 4.98 Å². The lowest BCUT2D eigenvalue weighted by Gasteiger charge is -2.26. The van der Waals surface area contributed by atoms with E-state index in [-0.39, 0.29) is 17.9 Å². The number of anilines is 1. The molecule has 6 nitrogen and oxygen atoms in total. The number of aromatic nitrogens is 2. The van der Waals surface area contributed by atoms with Crippen molar-refractivity contribution in [2.45, 2.75) is 53.5 Å². The minimum Gasteiger partial charge on any atom is -0.481 e. The quantitative estimate of drug-likeness (QED) is 0.804. The number of hydrogen-bond acceptors (Lipinski definition) is 5. The first-order valence-corrected chi connectivity index (χ1v) is 7.16. The molecule has 0 bridgehead atoms. The molecule has 0 aliphatic rings. The van der Waals surface area contributed by atoms with Gasteiger partial charge in [0.25, 0.3) is 0 Å². The molecular weight excluding hydrogens is 270 g/mol. The fourth-order valence-electron chi connectivity index (χ4n) is 2.17. The maximum atomic E-state index is 11.0. The van der Waals surface area contributed by atoms with E-state index in [9.17, 15) is 4.79 Å². The minimum atomic E-state index is -0.826. The Morgan fingerprint density at radius 1 is 1.43 bits per heavy atom. The smallest absolute Gasteiger partial charge is 0.305 e. The van der Waals surface area contributed by atoms with Crippen LogP contribution in [0.15, 0.2) is 6.07 Å². The highest BCUT2D eigenvalue weighted by molar-refractivity contribution is 5.68. The first kappa shape index (κ1) is 17.2. The van der Waals surface area contributed by atoms with E-state index in [0.29, 0.717) is 24.1 Å². The Hall–Kier alpha value is -1.85. The average Bonchev–Trinajstić information content (AvgIpc) is 2.24. The van der Waals surface area contributed by atoms with Crippen LogP contribution in [0.2, 0.25) is 0 Å². The van der Waals surface area contributed by atoms with E-state index in [0.717, 1.165) is 6.42 Å². The fraction of sp³-hybridized carbons (Fsp3) is 0.667. The van der Waals surface area contributed by atoms with E-state index in [1.54, 1.807) is 13.0 Å². The lowest BCUT2D eigenvalue weighted by Crippen LogP contribution is -2.28. The summed E-state index contributed by atoms with van der Waals surface area (Å²) in [6.07, 6.45) is 0.774. The van der Waals surface area contributed by atoms with Gasteiger partial charge in [-0.25, -0.2) is 4.98 Å². The van der Waals surface area contributed by atoms with E-state index in [4.69, 9.17) is 9.84 Å². The van der Waals surface area contributed by atoms with Crippen LogP contribution in [0.4, 0.5) is 5.82 Å². The molecule has 0 radical (unpaired) electrons. The summed E-state index contributed by atoms with van der Waals surface area (Å²) in [5.74, 6) is 0.861. The highest BCUT2D eigenvalue weighted by Crippen LogP contribution is 2.25. The van der Waals surface area contributed by atoms with Gasteiger partial charge in [0.15, 0.2) is 0 Å². The number of carboxylic acid groups (broad SMARTS) is 1. The van der Waals surface area contributed by atoms with Crippen molar-refractivity contribution >= 4 is 11.8 Å². The number of aliphatic carboxylic acids is 1. The zero-order chi connectivity index (χ0) is 16.0. The molecule has 1 aromatic heterocycles. The Labute approximate surface area is 126 Å². The summed E-state index contributed by atoms with van der Waals surface area (Å²) in [5, 5.41) is 12.2. The number of nitrogens with zero attached hydrogens (tertiary/aromatic N) is 2. The van der Waals surface area contributed by atoms with Crippen LogP contribution < -0.4 is 10.1 Å². The molecule has 1 unspecified atom stereocenters. The van der Waals surface area contributed by atoms with Crippen LogP contribution in [0.5, 0.6) is 5.88 Å². The van der Waals surface area contributed by atoms with Crippen molar-refractivity contribution in [3.05, 3.63) is 11.9 Å². The molecule has 0 spiro atoms. The Bertz CT molecular complexity index is 484. The van der Waals surface area contributed by atoms with Crippen molar-refractivity contribution in [2.75, 3.05) is 11.9 Å². The molecule has 0 aliphatic heterocycles. The molecule has 1 rings (SSSR count). The molecule has 0 fully saturated rings. The molecule has 2 N–H and O–H groups in total. The van der Waals surface area contributed by atoms with E-state index < -0.39 is 5.97 Å². The maximum absolute atomic E-state index is 11.0. The Morgan fingerprint density at radius 3 is 2.62 bits per heavy atom. The SMILES string of the molecule is CCOc1cc(NC(CC(=O)O)CC(C)(C)C)nc(C)n1. The summed E-state index contributed by atoms with van der Waals surface area (Å²) in [4.78, 5) is 19.5. The number of aryl methyl sites for hydroxylation is 1. The normalized spacial score (nSPS) is 12.8. The second kappa shape index (κ2) is 7.24. The van der Waals surface area contributed by atoms with Crippen LogP contribution in [-0.4, -0.2) is 33.7 Å². The van der Waals surface area contributed by atoms with Crippen molar-refractivity contribution in [1.29, 1.82) is 0 Å². The van der Waals surface area contributed by atoms with Gasteiger partial charge in [-0.3, -0.25) is 4.79 Å². The largest absolute Gasteiger partial charge is 0.481 e. The van der Waals surface area contributed by atoms with Gasteiger partial charge in [-0.15, -0.1) is 0 Å². The predicted molar refractivity (Wildman–Crippen MR) is 81.7 cm³/mol. The van der Waals surface area contributed by atoms with Crippen LogP contribution in [0, 0.1) is 12.3 Å². The molecule has 1 atom stereocenters. The van der Waals surface area contributed by atoms with Crippen molar-refractivity contribution in [1.82, 2.24) is 9.97 Å². The Kier molecular flexibility index (Phi) is 5.93. The molecule has 1 heterocycles. The van der Waals surface area contributed by atoms with E-state index in [1.807, 2.05) is 6.92 Å². The number of rotatable bonds is 7. The molecule has 0 saturated heterocycles. The van der Waals surface area contributed by atoms with Gasteiger partial charge >= 0.3 is 5.97 Å². The molecule has 6 heteroatoms. The summed E-state index contributed by atoms with van der Waals surface area (Å²) >= 11 is 0. The number of nitrogens with one attached hydrogen (secondary N) is 1. The summed E-state index contributed by atoms with van der Waals surface area (Å²) in [6.45, 7) is 10.4. The van der Waals surface area contributed by atoms with Gasteiger partial charge in [0.05, 0.1) is 13.0 Å². The second-order valence-corrected chi connectivity index (χ2v) is 6.28.